The maximum Gasteiger partial charge on any atom is 0.155 e. The Kier molecular flexibility index (Phi) is 9.91. The minimum absolute atomic E-state index is 0. The van der Waals surface area contributed by atoms with Crippen LogP contribution in [0, 0.1) is 19.9 Å². The van der Waals surface area contributed by atoms with Gasteiger partial charge in [-0.2, -0.15) is 0 Å². The molecule has 1 heterocycles. The number of hydrogen-bond donors (Lipinski definition) is 1. The van der Waals surface area contributed by atoms with Crippen molar-refractivity contribution in [1.29, 1.82) is 0 Å². The third-order valence-electron chi connectivity index (χ3n) is 4.30. The summed E-state index contributed by atoms with van der Waals surface area (Å²) in [4.78, 5) is 14.9. The van der Waals surface area contributed by atoms with Gasteiger partial charge in [0.2, 0.25) is 0 Å². The number of allylic oxidation sites excluding steroid dienone is 2. The number of benzene rings is 2. The second kappa shape index (κ2) is 11.6. The van der Waals surface area contributed by atoms with Crippen LogP contribution in [-0.2, 0) is 31.3 Å². The quantitative estimate of drug-likeness (QED) is 0.236. The molecule has 0 aliphatic heterocycles. The van der Waals surface area contributed by atoms with E-state index in [4.69, 9.17) is 14.8 Å². The van der Waals surface area contributed by atoms with Gasteiger partial charge in [-0.15, -0.1) is 34.9 Å². The molecular formula is C25H28IrNO3-. The number of aryl methyl sites for hydroxylation is 3. The summed E-state index contributed by atoms with van der Waals surface area (Å²) in [5.41, 5.74) is 6.72. The van der Waals surface area contributed by atoms with E-state index in [1.807, 2.05) is 18.2 Å². The van der Waals surface area contributed by atoms with Crippen molar-refractivity contribution >= 4 is 16.7 Å². The Balaban J connectivity index is 0.000000489. The Labute approximate surface area is 192 Å². The second-order valence-electron chi connectivity index (χ2n) is 7.06. The van der Waals surface area contributed by atoms with Crippen molar-refractivity contribution < 1.29 is 34.7 Å². The van der Waals surface area contributed by atoms with Crippen LogP contribution in [-0.4, -0.2) is 23.0 Å². The zero-order valence-electron chi connectivity index (χ0n) is 18.3. The fourth-order valence-electron chi connectivity index (χ4n) is 3.15. The van der Waals surface area contributed by atoms with Gasteiger partial charge in [0.15, 0.2) is 5.78 Å². The molecule has 0 saturated heterocycles. The third kappa shape index (κ3) is 7.08. The van der Waals surface area contributed by atoms with Gasteiger partial charge >= 0.3 is 0 Å². The average Bonchev–Trinajstić information content (AvgIpc) is 2.65. The minimum Gasteiger partial charge on any atom is -0.512 e. The summed E-state index contributed by atoms with van der Waals surface area (Å²) in [6.07, 6.45) is 2.11. The number of nitrogens with zero attached hydrogens (tertiary/aromatic N) is 1. The number of ether oxygens (including phenoxy) is 1. The molecule has 0 aliphatic rings. The van der Waals surface area contributed by atoms with Crippen LogP contribution in [0.3, 0.4) is 0 Å². The van der Waals surface area contributed by atoms with Gasteiger partial charge in [-0.3, -0.25) is 9.78 Å². The number of carbonyl (C=O) groups excluding carboxylic acids is 1. The molecule has 0 saturated carbocycles. The molecule has 30 heavy (non-hydrogen) atoms. The number of pyridine rings is 1. The van der Waals surface area contributed by atoms with E-state index >= 15 is 0 Å². The first-order valence-electron chi connectivity index (χ1n) is 9.60. The molecule has 5 heteroatoms. The Morgan fingerprint density at radius 2 is 1.87 bits per heavy atom. The largest absolute Gasteiger partial charge is 0.512 e. The number of aliphatic hydroxyl groups is 1. The molecule has 0 fully saturated rings. The van der Waals surface area contributed by atoms with Gasteiger partial charge in [0.25, 0.3) is 0 Å². The summed E-state index contributed by atoms with van der Waals surface area (Å²) < 4.78 is 5.31. The van der Waals surface area contributed by atoms with Crippen molar-refractivity contribution in [3.05, 3.63) is 71.0 Å². The Morgan fingerprint density at radius 3 is 2.37 bits per heavy atom. The Bertz CT molecular complexity index is 1030. The van der Waals surface area contributed by atoms with Crippen LogP contribution in [0.2, 0.25) is 0 Å². The first kappa shape index (κ1) is 25.5. The molecule has 0 spiro atoms. The predicted octanol–water partition coefficient (Wildman–Crippen LogP) is 5.92. The topological polar surface area (TPSA) is 59.4 Å². The summed E-state index contributed by atoms with van der Waals surface area (Å²) >= 11 is 0. The van der Waals surface area contributed by atoms with Crippen LogP contribution >= 0.6 is 0 Å². The summed E-state index contributed by atoms with van der Waals surface area (Å²) in [5.74, 6) is 0.801. The van der Waals surface area contributed by atoms with Gasteiger partial charge in [0, 0.05) is 31.6 Å². The first-order valence-corrected chi connectivity index (χ1v) is 9.60. The molecule has 161 valence electrons. The van der Waals surface area contributed by atoms with Gasteiger partial charge in [0.05, 0.1) is 18.4 Å². The van der Waals surface area contributed by atoms with Gasteiger partial charge in [0.1, 0.15) is 5.75 Å². The monoisotopic (exact) mass is 583 g/mol. The molecular weight excluding hydrogens is 554 g/mol. The third-order valence-corrected chi connectivity index (χ3v) is 4.30. The molecule has 0 amide bonds. The smallest absolute Gasteiger partial charge is 0.155 e. The van der Waals surface area contributed by atoms with Gasteiger partial charge < -0.3 is 9.84 Å². The summed E-state index contributed by atoms with van der Waals surface area (Å²) in [6.45, 7) is 9.20. The van der Waals surface area contributed by atoms with Crippen LogP contribution in [0.15, 0.2) is 48.2 Å². The standard InChI is InChI=1S/C20H20NO.C5H8O2.Ir/c1-5-15-11-16-12-18(22-4)6-7-19(16)21-20(15)17-9-13(2)8-14(3)10-17;1-4(6)3-5(2)7;/h6-9,11-12H,5H2,1-4H3;3,6H,1-2H3;/q-1;;/b;4-3-;. The van der Waals surface area contributed by atoms with Gasteiger partial charge in [-0.1, -0.05) is 32.4 Å². The molecule has 1 aromatic heterocycles. The first-order chi connectivity index (χ1) is 13.7. The molecule has 0 unspecified atom stereocenters. The molecule has 3 rings (SSSR count). The van der Waals surface area contributed by atoms with Crippen LogP contribution in [0.25, 0.3) is 22.2 Å². The van der Waals surface area contributed by atoms with Crippen LogP contribution in [0.4, 0.5) is 0 Å². The molecule has 1 radical (unpaired) electrons. The number of rotatable bonds is 4. The van der Waals surface area contributed by atoms with E-state index in [9.17, 15) is 4.79 Å². The van der Waals surface area contributed by atoms with E-state index in [0.29, 0.717) is 0 Å². The van der Waals surface area contributed by atoms with Crippen molar-refractivity contribution in [1.82, 2.24) is 4.98 Å². The normalized spacial score (nSPS) is 10.7. The molecule has 0 aliphatic carbocycles. The number of carbonyl (C=O) groups is 1. The van der Waals surface area contributed by atoms with Crippen molar-refractivity contribution in [3.63, 3.8) is 0 Å². The zero-order chi connectivity index (χ0) is 21.6. The molecule has 4 nitrogen and oxygen atoms in total. The van der Waals surface area contributed by atoms with Crippen molar-refractivity contribution in [2.75, 3.05) is 7.11 Å². The number of aromatic nitrogens is 1. The fourth-order valence-corrected chi connectivity index (χ4v) is 3.15. The number of methoxy groups -OCH3 is 1. The van der Waals surface area contributed by atoms with Crippen molar-refractivity contribution in [3.8, 4) is 17.0 Å². The van der Waals surface area contributed by atoms with Crippen LogP contribution < -0.4 is 4.74 Å². The number of aliphatic hydroxyl groups excluding tert-OH is 1. The minimum atomic E-state index is -0.125. The number of ketones is 1. The summed E-state index contributed by atoms with van der Waals surface area (Å²) in [6, 6.07) is 16.0. The van der Waals surface area contributed by atoms with Gasteiger partial charge in [-0.05, 0) is 44.2 Å². The average molecular weight is 583 g/mol. The van der Waals surface area contributed by atoms with E-state index in [1.165, 1.54) is 31.1 Å². The molecule has 3 aromatic rings. The van der Waals surface area contributed by atoms with E-state index < -0.39 is 0 Å². The number of hydrogen-bond acceptors (Lipinski definition) is 4. The molecule has 2 aromatic carbocycles. The van der Waals surface area contributed by atoms with Crippen LogP contribution in [0.5, 0.6) is 5.75 Å². The molecule has 1 N–H and O–H groups in total. The van der Waals surface area contributed by atoms with Crippen molar-refractivity contribution in [2.24, 2.45) is 0 Å². The Morgan fingerprint density at radius 1 is 1.17 bits per heavy atom. The summed E-state index contributed by atoms with van der Waals surface area (Å²) in [5, 5.41) is 9.48. The predicted molar refractivity (Wildman–Crippen MR) is 118 cm³/mol. The zero-order valence-corrected chi connectivity index (χ0v) is 20.7. The Hall–Kier alpha value is -2.49. The SMILES string of the molecule is CC(=O)/C=C(/C)O.CCc1cc2cc(OC)ccc2nc1-c1[c-]c(C)cc(C)c1.[Ir]. The second-order valence-corrected chi connectivity index (χ2v) is 7.06. The van der Waals surface area contributed by atoms with E-state index in [0.717, 1.165) is 39.9 Å². The maximum absolute atomic E-state index is 10.0. The maximum atomic E-state index is 10.0. The molecule has 0 atom stereocenters. The summed E-state index contributed by atoms with van der Waals surface area (Å²) in [7, 11) is 1.69. The van der Waals surface area contributed by atoms with E-state index in [2.05, 4.69) is 45.0 Å². The van der Waals surface area contributed by atoms with E-state index in [-0.39, 0.29) is 31.6 Å². The number of fused-ring (bicyclic) bond motifs is 1. The molecule has 0 bridgehead atoms. The van der Waals surface area contributed by atoms with Crippen LogP contribution in [0.1, 0.15) is 37.5 Å². The van der Waals surface area contributed by atoms with Gasteiger partial charge in [-0.25, -0.2) is 0 Å². The fraction of sp³-hybridized carbons (Fsp3) is 0.280. The van der Waals surface area contributed by atoms with E-state index in [1.54, 1.807) is 7.11 Å². The van der Waals surface area contributed by atoms with Crippen molar-refractivity contribution in [2.45, 2.75) is 41.0 Å².